The second-order valence-electron chi connectivity index (χ2n) is 4.80. The summed E-state index contributed by atoms with van der Waals surface area (Å²) >= 11 is 0. The Morgan fingerprint density at radius 2 is 2.11 bits per heavy atom. The van der Waals surface area contributed by atoms with Gasteiger partial charge >= 0.3 is 0 Å². The van der Waals surface area contributed by atoms with Gasteiger partial charge in [-0.25, -0.2) is 4.98 Å². The number of aryl methyl sites for hydroxylation is 1. The van der Waals surface area contributed by atoms with Crippen molar-refractivity contribution in [2.24, 2.45) is 7.05 Å². The molecule has 3 rings (SSSR count). The number of hydrogen-bond acceptors (Lipinski definition) is 4. The van der Waals surface area contributed by atoms with E-state index in [-0.39, 0.29) is 10.6 Å². The molecular formula is C13H14N4O2. The zero-order valence-electron chi connectivity index (χ0n) is 11.0. The van der Waals surface area contributed by atoms with Gasteiger partial charge in [-0.2, -0.15) is 0 Å². The van der Waals surface area contributed by atoms with Crippen LogP contribution in [0, 0.1) is 17.0 Å². The first kappa shape index (κ1) is 11.7. The van der Waals surface area contributed by atoms with Crippen molar-refractivity contribution in [1.29, 1.82) is 0 Å². The molecule has 0 spiro atoms. The highest BCUT2D eigenvalue weighted by Gasteiger charge is 2.30. The molecule has 0 atom stereocenters. The first-order valence-electron chi connectivity index (χ1n) is 6.02. The summed E-state index contributed by atoms with van der Waals surface area (Å²) in [6.07, 6.45) is 0. The van der Waals surface area contributed by atoms with Crippen LogP contribution in [0.2, 0.25) is 0 Å². The fourth-order valence-corrected chi connectivity index (χ4v) is 2.63. The molecule has 98 valence electrons. The zero-order chi connectivity index (χ0) is 13.7. The molecule has 0 unspecified atom stereocenters. The Bertz CT molecular complexity index is 690. The Morgan fingerprint density at radius 3 is 2.79 bits per heavy atom. The van der Waals surface area contributed by atoms with Crippen molar-refractivity contribution >= 4 is 11.4 Å². The van der Waals surface area contributed by atoms with E-state index < -0.39 is 0 Å². The molecule has 1 aromatic carbocycles. The molecule has 6 nitrogen and oxygen atoms in total. The highest BCUT2D eigenvalue weighted by Crippen LogP contribution is 2.43. The van der Waals surface area contributed by atoms with Gasteiger partial charge < -0.3 is 9.47 Å². The molecule has 2 heterocycles. The molecule has 1 aliphatic rings. The van der Waals surface area contributed by atoms with E-state index in [4.69, 9.17) is 0 Å². The summed E-state index contributed by atoms with van der Waals surface area (Å²) in [5.74, 6) is 0.915. The fraction of sp³-hybridized carbons (Fsp3) is 0.308. The Labute approximate surface area is 110 Å². The van der Waals surface area contributed by atoms with E-state index in [1.165, 1.54) is 6.07 Å². The van der Waals surface area contributed by atoms with Crippen LogP contribution in [-0.2, 0) is 13.6 Å². The van der Waals surface area contributed by atoms with Crippen LogP contribution in [0.4, 0.5) is 11.4 Å². The second-order valence-corrected chi connectivity index (χ2v) is 4.80. The van der Waals surface area contributed by atoms with Gasteiger partial charge in [0.15, 0.2) is 0 Å². The predicted molar refractivity (Wildman–Crippen MR) is 72.1 cm³/mol. The van der Waals surface area contributed by atoms with Gasteiger partial charge in [-0.15, -0.1) is 0 Å². The van der Waals surface area contributed by atoms with Crippen LogP contribution in [0.15, 0.2) is 18.2 Å². The number of benzene rings is 1. The van der Waals surface area contributed by atoms with Crippen LogP contribution in [0.5, 0.6) is 0 Å². The van der Waals surface area contributed by atoms with Crippen LogP contribution in [0.25, 0.3) is 11.3 Å². The number of rotatable bonds is 1. The average molecular weight is 258 g/mol. The van der Waals surface area contributed by atoms with Gasteiger partial charge in [0.2, 0.25) is 0 Å². The van der Waals surface area contributed by atoms with Crippen LogP contribution in [-0.4, -0.2) is 21.5 Å². The molecule has 19 heavy (non-hydrogen) atoms. The fourth-order valence-electron chi connectivity index (χ4n) is 2.63. The third-order valence-electron chi connectivity index (χ3n) is 3.67. The molecule has 0 saturated carbocycles. The lowest BCUT2D eigenvalue weighted by Crippen LogP contribution is -2.24. The smallest absolute Gasteiger partial charge is 0.293 e. The minimum atomic E-state index is -0.337. The summed E-state index contributed by atoms with van der Waals surface area (Å²) in [6.45, 7) is 2.57. The van der Waals surface area contributed by atoms with E-state index in [9.17, 15) is 10.1 Å². The Morgan fingerprint density at radius 1 is 1.37 bits per heavy atom. The van der Waals surface area contributed by atoms with E-state index >= 15 is 0 Å². The number of hydrogen-bond donors (Lipinski definition) is 0. The maximum absolute atomic E-state index is 11.2. The molecule has 0 saturated heterocycles. The summed E-state index contributed by atoms with van der Waals surface area (Å²) in [5, 5.41) is 11.2. The van der Waals surface area contributed by atoms with Gasteiger partial charge in [-0.3, -0.25) is 10.1 Å². The van der Waals surface area contributed by atoms with Crippen molar-refractivity contribution in [1.82, 2.24) is 9.55 Å². The van der Waals surface area contributed by atoms with E-state index in [0.29, 0.717) is 12.2 Å². The molecule has 0 fully saturated rings. The maximum Gasteiger partial charge on any atom is 0.293 e. The molecule has 0 aliphatic carbocycles. The van der Waals surface area contributed by atoms with Crippen LogP contribution >= 0.6 is 0 Å². The topological polar surface area (TPSA) is 64.2 Å². The van der Waals surface area contributed by atoms with Gasteiger partial charge in [0.25, 0.3) is 5.69 Å². The molecule has 6 heteroatoms. The molecule has 0 radical (unpaired) electrons. The number of fused-ring (bicyclic) bond motifs is 3. The SMILES string of the molecule is Cc1nc2c(n1C)CN(C)c1c-2cccc1[N+](=O)[O-]. The molecule has 1 aromatic heterocycles. The van der Waals surface area contributed by atoms with E-state index in [0.717, 1.165) is 22.8 Å². The first-order valence-corrected chi connectivity index (χ1v) is 6.02. The monoisotopic (exact) mass is 258 g/mol. The summed E-state index contributed by atoms with van der Waals surface area (Å²) < 4.78 is 2.04. The molecular weight excluding hydrogens is 244 g/mol. The number of nitro benzene ring substituents is 1. The number of anilines is 1. The molecule has 2 aromatic rings. The lowest BCUT2D eigenvalue weighted by Gasteiger charge is -2.27. The molecule has 0 bridgehead atoms. The number of nitrogens with zero attached hydrogens (tertiary/aromatic N) is 4. The van der Waals surface area contributed by atoms with Crippen molar-refractivity contribution < 1.29 is 4.92 Å². The minimum Gasteiger partial charge on any atom is -0.363 e. The maximum atomic E-state index is 11.2. The highest BCUT2D eigenvalue weighted by molar-refractivity contribution is 5.86. The van der Waals surface area contributed by atoms with E-state index in [1.807, 2.05) is 36.6 Å². The lowest BCUT2D eigenvalue weighted by molar-refractivity contribution is -0.384. The zero-order valence-corrected chi connectivity index (χ0v) is 11.0. The van der Waals surface area contributed by atoms with Gasteiger partial charge in [0, 0.05) is 25.7 Å². The summed E-state index contributed by atoms with van der Waals surface area (Å²) in [4.78, 5) is 17.3. The largest absolute Gasteiger partial charge is 0.363 e. The summed E-state index contributed by atoms with van der Waals surface area (Å²) in [5.41, 5.74) is 3.57. The molecule has 0 N–H and O–H groups in total. The van der Waals surface area contributed by atoms with Crippen molar-refractivity contribution in [3.63, 3.8) is 0 Å². The Hall–Kier alpha value is -2.37. The third kappa shape index (κ3) is 1.53. The highest BCUT2D eigenvalue weighted by atomic mass is 16.6. The first-order chi connectivity index (χ1) is 9.00. The van der Waals surface area contributed by atoms with Crippen molar-refractivity contribution in [3.8, 4) is 11.3 Å². The Balaban J connectivity index is 2.33. The van der Waals surface area contributed by atoms with E-state index in [1.54, 1.807) is 6.07 Å². The third-order valence-corrected chi connectivity index (χ3v) is 3.67. The van der Waals surface area contributed by atoms with Gasteiger partial charge in [-0.1, -0.05) is 12.1 Å². The van der Waals surface area contributed by atoms with Crippen LogP contribution in [0.3, 0.4) is 0 Å². The molecule has 0 amide bonds. The molecule has 1 aliphatic heterocycles. The van der Waals surface area contributed by atoms with Crippen LogP contribution < -0.4 is 4.90 Å². The number of imidazole rings is 1. The number of aromatic nitrogens is 2. The van der Waals surface area contributed by atoms with Crippen molar-refractivity contribution in [2.45, 2.75) is 13.5 Å². The summed E-state index contributed by atoms with van der Waals surface area (Å²) in [6, 6.07) is 5.14. The standard InChI is InChI=1S/C13H14N4O2/c1-8-14-12-9-5-4-6-10(17(18)19)13(9)15(2)7-11(12)16(8)3/h4-6H,7H2,1-3H3. The lowest BCUT2D eigenvalue weighted by atomic mass is 10.0. The van der Waals surface area contributed by atoms with Crippen molar-refractivity contribution in [2.75, 3.05) is 11.9 Å². The Kier molecular flexibility index (Phi) is 2.35. The van der Waals surface area contributed by atoms with Crippen LogP contribution in [0.1, 0.15) is 11.5 Å². The average Bonchev–Trinajstić information content (AvgIpc) is 2.66. The van der Waals surface area contributed by atoms with Crippen molar-refractivity contribution in [3.05, 3.63) is 39.8 Å². The van der Waals surface area contributed by atoms with Gasteiger partial charge in [-0.05, 0) is 6.92 Å². The van der Waals surface area contributed by atoms with E-state index in [2.05, 4.69) is 4.98 Å². The minimum absolute atomic E-state index is 0.133. The summed E-state index contributed by atoms with van der Waals surface area (Å²) in [7, 11) is 3.84. The van der Waals surface area contributed by atoms with Gasteiger partial charge in [0.1, 0.15) is 11.5 Å². The number of para-hydroxylation sites is 1. The predicted octanol–water partition coefficient (Wildman–Crippen LogP) is 2.25. The second kappa shape index (κ2) is 3.81. The van der Waals surface area contributed by atoms with Gasteiger partial charge in [0.05, 0.1) is 22.9 Å². The quantitative estimate of drug-likeness (QED) is 0.581. The normalized spacial score (nSPS) is 13.1. The number of nitro groups is 1.